The molecule has 0 amide bonds. The monoisotopic (exact) mass is 524 g/mol. The second-order valence-corrected chi connectivity index (χ2v) is 9.90. The lowest BCUT2D eigenvalue weighted by Crippen LogP contribution is -2.44. The van der Waals surface area contributed by atoms with Gasteiger partial charge in [0.2, 0.25) is 0 Å². The summed E-state index contributed by atoms with van der Waals surface area (Å²) in [5.74, 6) is -2.29. The number of carboxylic acids is 1. The molecular weight excluding hydrogens is 500 g/mol. The Morgan fingerprint density at radius 3 is 2.68 bits per heavy atom. The van der Waals surface area contributed by atoms with Gasteiger partial charge in [0.15, 0.2) is 5.60 Å². The lowest BCUT2D eigenvalue weighted by atomic mass is 9.86. The third-order valence-electron chi connectivity index (χ3n) is 6.81. The summed E-state index contributed by atoms with van der Waals surface area (Å²) < 4.78 is 12.1. The van der Waals surface area contributed by atoms with Gasteiger partial charge in [0, 0.05) is 16.5 Å². The predicted molar refractivity (Wildman–Crippen MR) is 134 cm³/mol. The molecule has 5 rings (SSSR count). The van der Waals surface area contributed by atoms with Crippen molar-refractivity contribution in [3.63, 3.8) is 0 Å². The number of pyridine rings is 2. The Kier molecular flexibility index (Phi) is 6.28. The molecule has 0 saturated carbocycles. The molecule has 2 N–H and O–H groups in total. The molecule has 1 atom stereocenters. The number of aromatic nitrogens is 2. The Morgan fingerprint density at radius 1 is 1.19 bits per heavy atom. The van der Waals surface area contributed by atoms with E-state index in [1.807, 2.05) is 6.92 Å². The van der Waals surface area contributed by atoms with E-state index in [1.165, 1.54) is 0 Å². The fourth-order valence-electron chi connectivity index (χ4n) is 4.99. The van der Waals surface area contributed by atoms with Crippen molar-refractivity contribution in [2.45, 2.75) is 45.4 Å². The predicted octanol–water partition coefficient (Wildman–Crippen LogP) is 2.37. The molecule has 0 fully saturated rings. The molecule has 0 saturated heterocycles. The smallest absolute Gasteiger partial charge is 0.343 e. The lowest BCUT2D eigenvalue weighted by molar-refractivity contribution is -0.172. The Bertz CT molecular complexity index is 1550. The molecule has 0 unspecified atom stereocenters. The van der Waals surface area contributed by atoms with E-state index in [0.717, 1.165) is 28.3 Å². The summed E-state index contributed by atoms with van der Waals surface area (Å²) in [7, 11) is 0. The average Bonchev–Trinajstić information content (AvgIpc) is 3.23. The minimum Gasteiger partial charge on any atom is -0.481 e. The zero-order chi connectivity index (χ0) is 26.5. The van der Waals surface area contributed by atoms with Gasteiger partial charge in [0.05, 0.1) is 40.5 Å². The van der Waals surface area contributed by atoms with Crippen molar-refractivity contribution in [3.8, 4) is 17.1 Å². The number of ether oxygens (including phenoxy) is 2. The van der Waals surface area contributed by atoms with E-state index >= 15 is 0 Å². The number of hydrogen-bond donors (Lipinski definition) is 2. The molecule has 3 aromatic rings. The second-order valence-electron chi connectivity index (χ2n) is 8.91. The Hall–Kier alpha value is -3.70. The number of cyclic esters (lactones) is 1. The molecule has 10 nitrogen and oxygen atoms in total. The van der Waals surface area contributed by atoms with Crippen LogP contribution in [0.5, 0.6) is 5.75 Å². The van der Waals surface area contributed by atoms with Crippen LogP contribution in [0.4, 0.5) is 0 Å². The van der Waals surface area contributed by atoms with Crippen LogP contribution in [0.1, 0.15) is 42.5 Å². The zero-order valence-electron chi connectivity index (χ0n) is 20.2. The molecule has 37 heavy (non-hydrogen) atoms. The highest BCUT2D eigenvalue weighted by Crippen LogP contribution is 2.40. The number of hydrogen-bond acceptors (Lipinski definition) is 9. The average molecular weight is 525 g/mol. The molecule has 11 heteroatoms. The quantitative estimate of drug-likeness (QED) is 0.273. The number of carbonyl (C=O) groups excluding carboxylic acids is 2. The van der Waals surface area contributed by atoms with Gasteiger partial charge < -0.3 is 24.3 Å². The van der Waals surface area contributed by atoms with E-state index in [-0.39, 0.29) is 47.8 Å². The van der Waals surface area contributed by atoms with Crippen LogP contribution in [-0.2, 0) is 44.3 Å². The van der Waals surface area contributed by atoms with Gasteiger partial charge in [0.1, 0.15) is 12.4 Å². The Balaban J connectivity index is 1.57. The maximum Gasteiger partial charge on any atom is 0.343 e. The molecule has 2 aromatic heterocycles. The van der Waals surface area contributed by atoms with E-state index in [4.69, 9.17) is 19.6 Å². The Labute approximate surface area is 215 Å². The van der Waals surface area contributed by atoms with Crippen molar-refractivity contribution in [3.05, 3.63) is 56.9 Å². The summed E-state index contributed by atoms with van der Waals surface area (Å²) in [6.45, 7) is 3.72. The van der Waals surface area contributed by atoms with Crippen LogP contribution in [0.15, 0.2) is 29.1 Å². The highest BCUT2D eigenvalue weighted by molar-refractivity contribution is 8.00. The summed E-state index contributed by atoms with van der Waals surface area (Å²) >= 11 is 0.956. The highest BCUT2D eigenvalue weighted by Gasteiger charge is 2.45. The summed E-state index contributed by atoms with van der Waals surface area (Å²) in [5.41, 5.74) is 1.87. The van der Waals surface area contributed by atoms with Crippen molar-refractivity contribution in [1.29, 1.82) is 0 Å². The van der Waals surface area contributed by atoms with E-state index in [9.17, 15) is 24.3 Å². The maximum absolute atomic E-state index is 13.4. The number of aliphatic hydroxyl groups is 1. The first-order chi connectivity index (χ1) is 17.7. The standard InChI is InChI=1S/C26H24N2O8S/c1-3-14-15-7-13(36-22(31)12-37-11-21(29)30)5-6-19(15)27-23-16(14)9-28-20(23)8-18-17(24(28)32)10-35-25(33)26(18,34)4-2/h5-8,34H,3-4,9-12H2,1-2H3,(H,29,30)/t26-/m0/s1. The second kappa shape index (κ2) is 9.31. The molecule has 4 heterocycles. The number of thioether (sulfide) groups is 1. The number of carboxylic acid groups (broad SMARTS) is 1. The minimum absolute atomic E-state index is 0.0657. The van der Waals surface area contributed by atoms with E-state index in [2.05, 4.69) is 0 Å². The summed E-state index contributed by atoms with van der Waals surface area (Å²) in [4.78, 5) is 53.4. The number of aryl methyl sites for hydroxylation is 1. The van der Waals surface area contributed by atoms with Gasteiger partial charge >= 0.3 is 17.9 Å². The van der Waals surface area contributed by atoms with Crippen LogP contribution in [0.2, 0.25) is 0 Å². The number of fused-ring (bicyclic) bond motifs is 5. The first kappa shape index (κ1) is 25.0. The van der Waals surface area contributed by atoms with Gasteiger partial charge in [-0.3, -0.25) is 14.4 Å². The van der Waals surface area contributed by atoms with Crippen LogP contribution in [0, 0.1) is 0 Å². The van der Waals surface area contributed by atoms with Gasteiger partial charge in [-0.1, -0.05) is 13.8 Å². The number of benzene rings is 1. The summed E-state index contributed by atoms with van der Waals surface area (Å²) in [6.07, 6.45) is 0.687. The third kappa shape index (κ3) is 4.08. The first-order valence-corrected chi connectivity index (χ1v) is 13.0. The van der Waals surface area contributed by atoms with E-state index in [0.29, 0.717) is 29.1 Å². The largest absolute Gasteiger partial charge is 0.481 e. The van der Waals surface area contributed by atoms with Crippen molar-refractivity contribution in [2.75, 3.05) is 11.5 Å². The maximum atomic E-state index is 13.4. The number of aliphatic carboxylic acids is 1. The van der Waals surface area contributed by atoms with Crippen LogP contribution in [0.3, 0.4) is 0 Å². The third-order valence-corrected chi connectivity index (χ3v) is 7.70. The van der Waals surface area contributed by atoms with Crippen molar-refractivity contribution >= 4 is 40.6 Å². The first-order valence-electron chi connectivity index (χ1n) is 11.8. The minimum atomic E-state index is -1.89. The number of rotatable bonds is 7. The topological polar surface area (TPSA) is 145 Å². The van der Waals surface area contributed by atoms with Crippen LogP contribution in [-0.4, -0.2) is 49.2 Å². The molecule has 0 radical (unpaired) electrons. The van der Waals surface area contributed by atoms with Crippen molar-refractivity contribution in [1.82, 2.24) is 9.55 Å². The number of carbonyl (C=O) groups is 3. The molecular formula is C26H24N2O8S. The van der Waals surface area contributed by atoms with E-state index in [1.54, 1.807) is 35.8 Å². The SMILES string of the molecule is CCc1c2c(nc3ccc(OC(=O)CSCC(=O)O)cc13)-c1cc3c(c(=O)n1C2)COC(=O)[C@]3(O)CC. The molecule has 192 valence electrons. The fraction of sp³-hybridized carbons (Fsp3) is 0.346. The summed E-state index contributed by atoms with van der Waals surface area (Å²) in [5, 5.41) is 20.6. The zero-order valence-corrected chi connectivity index (χ0v) is 21.0. The van der Waals surface area contributed by atoms with Gasteiger partial charge in [-0.2, -0.15) is 0 Å². The fourth-order valence-corrected chi connectivity index (χ4v) is 5.49. The lowest BCUT2D eigenvalue weighted by Gasteiger charge is -2.31. The van der Waals surface area contributed by atoms with Crippen LogP contribution in [0.25, 0.3) is 22.3 Å². The van der Waals surface area contributed by atoms with Gasteiger partial charge in [0.25, 0.3) is 5.56 Å². The van der Waals surface area contributed by atoms with Crippen molar-refractivity contribution in [2.24, 2.45) is 0 Å². The van der Waals surface area contributed by atoms with Crippen LogP contribution >= 0.6 is 11.8 Å². The number of esters is 2. The van der Waals surface area contributed by atoms with Crippen LogP contribution < -0.4 is 10.3 Å². The van der Waals surface area contributed by atoms with E-state index < -0.39 is 23.5 Å². The highest BCUT2D eigenvalue weighted by atomic mass is 32.2. The molecule has 0 spiro atoms. The molecule has 0 aliphatic carbocycles. The molecule has 2 aliphatic rings. The summed E-state index contributed by atoms with van der Waals surface area (Å²) in [6, 6.07) is 6.73. The van der Waals surface area contributed by atoms with Gasteiger partial charge in [-0.05, 0) is 42.7 Å². The van der Waals surface area contributed by atoms with Crippen molar-refractivity contribution < 1.29 is 34.1 Å². The molecule has 0 bridgehead atoms. The number of nitrogens with zero attached hydrogens (tertiary/aromatic N) is 2. The molecule has 1 aromatic carbocycles. The van der Waals surface area contributed by atoms with Gasteiger partial charge in [-0.15, -0.1) is 11.8 Å². The molecule has 2 aliphatic heterocycles. The normalized spacial score (nSPS) is 17.6. The van der Waals surface area contributed by atoms with Gasteiger partial charge in [-0.25, -0.2) is 9.78 Å². The Morgan fingerprint density at radius 2 is 1.97 bits per heavy atom.